The molecule has 0 fully saturated rings. The Bertz CT molecular complexity index is 3200. The van der Waals surface area contributed by atoms with E-state index in [1.165, 1.54) is 12.1 Å². The fourth-order valence-electron chi connectivity index (χ4n) is 6.86. The summed E-state index contributed by atoms with van der Waals surface area (Å²) < 4.78 is 58.4. The van der Waals surface area contributed by atoms with Crippen molar-refractivity contribution in [1.82, 2.24) is 24.1 Å². The lowest BCUT2D eigenvalue weighted by molar-refractivity contribution is 0.953. The van der Waals surface area contributed by atoms with Crippen molar-refractivity contribution in [1.29, 1.82) is 0 Å². The van der Waals surface area contributed by atoms with E-state index >= 15 is 0 Å². The minimum absolute atomic E-state index is 0.0223. The third kappa shape index (κ3) is 4.45. The lowest BCUT2D eigenvalue weighted by Gasteiger charge is -2.13. The summed E-state index contributed by atoms with van der Waals surface area (Å²) in [6.07, 6.45) is 0. The van der Waals surface area contributed by atoms with Gasteiger partial charge >= 0.3 is 0 Å². The van der Waals surface area contributed by atoms with Gasteiger partial charge in [-0.2, -0.15) is 9.97 Å². The summed E-state index contributed by atoms with van der Waals surface area (Å²) in [7, 11) is 0. The molecule has 3 aromatic heterocycles. The van der Waals surface area contributed by atoms with Gasteiger partial charge in [-0.05, 0) is 41.4 Å². The largest absolute Gasteiger partial charge is 0.307 e. The van der Waals surface area contributed by atoms with Crippen LogP contribution in [-0.4, -0.2) is 24.1 Å². The molecule has 0 saturated carbocycles. The van der Waals surface area contributed by atoms with Gasteiger partial charge < -0.3 is 4.57 Å². The van der Waals surface area contributed by atoms with Crippen molar-refractivity contribution < 1.29 is 8.22 Å². The van der Waals surface area contributed by atoms with Crippen molar-refractivity contribution in [2.45, 2.75) is 0 Å². The van der Waals surface area contributed by atoms with Crippen molar-refractivity contribution in [3.05, 3.63) is 176 Å². The number of fused-ring (bicyclic) bond motifs is 7. The minimum Gasteiger partial charge on any atom is -0.307 e. The molecule has 10 rings (SSSR count). The number of aromatic nitrogens is 5. The van der Waals surface area contributed by atoms with Crippen LogP contribution in [-0.2, 0) is 0 Å². The van der Waals surface area contributed by atoms with Gasteiger partial charge in [-0.1, -0.05) is 145 Å². The SMILES string of the molecule is [2H]c1cc([2H])c2c(c1)c1c([2H])c([2H])c3c4cc([2H])cc([2H])c4n(-c4nc(-c5ccccc5)nc(-c5cccc(-c6ccccc6)c5)n4)c3c1n2-c1ccccc1. The van der Waals surface area contributed by atoms with Crippen molar-refractivity contribution in [3.63, 3.8) is 0 Å². The molecule has 0 unspecified atom stereocenters. The molecule has 0 N–H and O–H groups in total. The monoisotopic (exact) mass is 645 g/mol. The molecule has 50 heavy (non-hydrogen) atoms. The molecule has 0 spiro atoms. The van der Waals surface area contributed by atoms with E-state index < -0.39 is 0 Å². The van der Waals surface area contributed by atoms with E-state index in [1.54, 1.807) is 16.7 Å². The highest BCUT2D eigenvalue weighted by atomic mass is 15.2. The number of rotatable bonds is 5. The van der Waals surface area contributed by atoms with Crippen molar-refractivity contribution >= 4 is 43.6 Å². The normalized spacial score (nSPS) is 13.3. The van der Waals surface area contributed by atoms with Crippen LogP contribution in [0.2, 0.25) is 0 Å². The first kappa shape index (κ1) is 22.7. The molecule has 5 nitrogen and oxygen atoms in total. The molecule has 3 heterocycles. The highest BCUT2D eigenvalue weighted by Crippen LogP contribution is 2.41. The molecule has 7 aromatic carbocycles. The lowest BCUT2D eigenvalue weighted by atomic mass is 10.0. The zero-order valence-corrected chi connectivity index (χ0v) is 26.5. The number of hydrogen-bond donors (Lipinski definition) is 0. The Morgan fingerprint density at radius 3 is 1.58 bits per heavy atom. The van der Waals surface area contributed by atoms with E-state index in [2.05, 4.69) is 0 Å². The van der Waals surface area contributed by atoms with Crippen LogP contribution in [0.15, 0.2) is 176 Å². The predicted octanol–water partition coefficient (Wildman–Crippen LogP) is 11.1. The molecule has 0 amide bonds. The van der Waals surface area contributed by atoms with Gasteiger partial charge in [-0.15, -0.1) is 0 Å². The van der Waals surface area contributed by atoms with Gasteiger partial charge in [0.2, 0.25) is 5.95 Å². The second-order valence-corrected chi connectivity index (χ2v) is 12.0. The maximum atomic E-state index is 9.55. The van der Waals surface area contributed by atoms with Crippen molar-refractivity contribution in [2.24, 2.45) is 0 Å². The first-order valence-electron chi connectivity index (χ1n) is 19.3. The summed E-state index contributed by atoms with van der Waals surface area (Å²) >= 11 is 0. The van der Waals surface area contributed by atoms with Crippen molar-refractivity contribution in [3.8, 4) is 45.5 Å². The molecule has 0 radical (unpaired) electrons. The van der Waals surface area contributed by atoms with Gasteiger partial charge in [0, 0.05) is 38.4 Å². The predicted molar refractivity (Wildman–Crippen MR) is 205 cm³/mol. The molecule has 0 atom stereocenters. The van der Waals surface area contributed by atoms with E-state index in [9.17, 15) is 4.11 Å². The summed E-state index contributed by atoms with van der Waals surface area (Å²) in [6.45, 7) is 0. The Labute approximate surface area is 296 Å². The van der Waals surface area contributed by atoms with Crippen LogP contribution >= 0.6 is 0 Å². The highest BCUT2D eigenvalue weighted by molar-refractivity contribution is 6.23. The van der Waals surface area contributed by atoms with Crippen LogP contribution < -0.4 is 0 Å². The molecule has 0 saturated heterocycles. The summed E-state index contributed by atoms with van der Waals surface area (Å²) in [5, 5.41) is 1.67. The van der Waals surface area contributed by atoms with Gasteiger partial charge in [-0.25, -0.2) is 4.98 Å². The topological polar surface area (TPSA) is 48.5 Å². The van der Waals surface area contributed by atoms with Crippen LogP contribution in [0.1, 0.15) is 8.22 Å². The maximum absolute atomic E-state index is 9.55. The van der Waals surface area contributed by atoms with Gasteiger partial charge in [-0.3, -0.25) is 4.57 Å². The fraction of sp³-hybridized carbons (Fsp3) is 0. The quantitative estimate of drug-likeness (QED) is 0.187. The molecule has 0 aliphatic rings. The van der Waals surface area contributed by atoms with E-state index in [-0.39, 0.29) is 42.2 Å². The first-order chi connectivity index (χ1) is 27.3. The van der Waals surface area contributed by atoms with Gasteiger partial charge in [0.05, 0.1) is 30.3 Å². The lowest BCUT2D eigenvalue weighted by Crippen LogP contribution is -2.07. The second kappa shape index (κ2) is 11.4. The van der Waals surface area contributed by atoms with E-state index in [4.69, 9.17) is 19.1 Å². The average Bonchev–Trinajstić information content (AvgIpc) is 3.75. The third-order valence-corrected chi connectivity index (χ3v) is 9.09. The fourth-order valence-corrected chi connectivity index (χ4v) is 6.86. The maximum Gasteiger partial charge on any atom is 0.238 e. The molecule has 0 bridgehead atoms. The molecule has 0 aliphatic heterocycles. The second-order valence-electron chi connectivity index (χ2n) is 12.0. The molecule has 5 heteroatoms. The van der Waals surface area contributed by atoms with Crippen LogP contribution in [0.5, 0.6) is 0 Å². The highest BCUT2D eigenvalue weighted by Gasteiger charge is 2.23. The molecule has 0 aliphatic carbocycles. The van der Waals surface area contributed by atoms with Gasteiger partial charge in [0.1, 0.15) is 0 Å². The van der Waals surface area contributed by atoms with Gasteiger partial charge in [0.15, 0.2) is 11.6 Å². The van der Waals surface area contributed by atoms with Crippen LogP contribution in [0.4, 0.5) is 0 Å². The van der Waals surface area contributed by atoms with Crippen LogP contribution in [0.25, 0.3) is 89.2 Å². The molecule has 10 aromatic rings. The Morgan fingerprint density at radius 1 is 0.400 bits per heavy atom. The number of nitrogens with zero attached hydrogens (tertiary/aromatic N) is 5. The Kier molecular flexibility index (Phi) is 5.17. The van der Waals surface area contributed by atoms with Gasteiger partial charge in [0.25, 0.3) is 0 Å². The Hall–Kier alpha value is -6.85. The molecule has 234 valence electrons. The average molecular weight is 646 g/mol. The third-order valence-electron chi connectivity index (χ3n) is 9.09. The number of hydrogen-bond acceptors (Lipinski definition) is 3. The standard InChI is InChI=1S/C45H29N5/c1-4-15-30(16-5-1)32-19-14-20-33(29-32)44-46-43(31-17-6-2-7-18-31)47-45(48-44)50-40-26-13-11-24-36(40)38-28-27-37-35-23-10-12-25-39(35)49(41(37)42(38)50)34-21-8-3-9-22-34/h1-29H/i10D,11D,25D,26D,27D,28D. The Morgan fingerprint density at radius 2 is 0.920 bits per heavy atom. The smallest absolute Gasteiger partial charge is 0.238 e. The summed E-state index contributed by atoms with van der Waals surface area (Å²) in [6, 6.07) is 43.4. The van der Waals surface area contributed by atoms with E-state index in [0.29, 0.717) is 60.9 Å². The molecular formula is C45H29N5. The summed E-state index contributed by atoms with van der Waals surface area (Å²) in [5.41, 5.74) is 6.00. The minimum atomic E-state index is -0.108. The molecular weight excluding hydrogens is 611 g/mol. The van der Waals surface area contributed by atoms with Crippen LogP contribution in [0, 0.1) is 0 Å². The number of benzene rings is 7. The van der Waals surface area contributed by atoms with Crippen LogP contribution in [0.3, 0.4) is 0 Å². The zero-order chi connectivity index (χ0) is 38.2. The summed E-state index contributed by atoms with van der Waals surface area (Å²) in [5.74, 6) is 0.964. The summed E-state index contributed by atoms with van der Waals surface area (Å²) in [4.78, 5) is 15.2. The van der Waals surface area contributed by atoms with E-state index in [1.807, 2.05) is 120 Å². The van der Waals surface area contributed by atoms with Crippen molar-refractivity contribution in [2.75, 3.05) is 0 Å². The zero-order valence-electron chi connectivity index (χ0n) is 32.5. The first-order valence-corrected chi connectivity index (χ1v) is 16.3. The van der Waals surface area contributed by atoms with E-state index in [0.717, 1.165) is 22.3 Å². The number of para-hydroxylation sites is 3. The Balaban J connectivity index is 1.41.